The lowest BCUT2D eigenvalue weighted by atomic mass is 10.2. The van der Waals surface area contributed by atoms with Gasteiger partial charge in [0.2, 0.25) is 5.69 Å². The Bertz CT molecular complexity index is 770. The van der Waals surface area contributed by atoms with Crippen LogP contribution in [-0.2, 0) is 4.74 Å². The van der Waals surface area contributed by atoms with Gasteiger partial charge in [0.1, 0.15) is 5.52 Å². The lowest BCUT2D eigenvalue weighted by Gasteiger charge is -2.04. The van der Waals surface area contributed by atoms with Gasteiger partial charge in [-0.25, -0.2) is 9.78 Å². The fourth-order valence-corrected chi connectivity index (χ4v) is 1.84. The van der Waals surface area contributed by atoms with Gasteiger partial charge in [0.05, 0.1) is 22.1 Å². The lowest BCUT2D eigenvalue weighted by molar-refractivity contribution is -0.384. The van der Waals surface area contributed by atoms with Crippen LogP contribution in [0.5, 0.6) is 0 Å². The first-order valence-corrected chi connectivity index (χ1v) is 5.87. The fourth-order valence-electron chi connectivity index (χ4n) is 1.58. The summed E-state index contributed by atoms with van der Waals surface area (Å²) < 4.78 is 4.69. The summed E-state index contributed by atoms with van der Waals surface area (Å²) >= 11 is 5.87. The number of rotatable bonds is 3. The van der Waals surface area contributed by atoms with Crippen LogP contribution in [0.15, 0.2) is 16.9 Å². The summed E-state index contributed by atoms with van der Waals surface area (Å²) in [6, 6.07) is 2.20. The van der Waals surface area contributed by atoms with E-state index in [0.717, 1.165) is 12.1 Å². The number of non-ortho nitro benzene ring substituents is 1. The summed E-state index contributed by atoms with van der Waals surface area (Å²) in [5.41, 5.74) is -1.38. The molecular weight excluding hydrogens is 290 g/mol. The number of esters is 1. The number of nitrogens with zero attached hydrogens (tertiary/aromatic N) is 2. The fraction of sp³-hybridized carbons (Fsp3) is 0.182. The lowest BCUT2D eigenvalue weighted by Crippen LogP contribution is -2.22. The number of benzene rings is 1. The van der Waals surface area contributed by atoms with Crippen molar-refractivity contribution in [3.63, 3.8) is 0 Å². The van der Waals surface area contributed by atoms with Crippen molar-refractivity contribution in [3.05, 3.63) is 43.3 Å². The second-order valence-corrected chi connectivity index (χ2v) is 4.12. The largest absolute Gasteiger partial charge is 0.461 e. The number of fused-ring (bicyclic) bond motifs is 1. The van der Waals surface area contributed by atoms with E-state index >= 15 is 0 Å². The van der Waals surface area contributed by atoms with E-state index in [4.69, 9.17) is 11.6 Å². The van der Waals surface area contributed by atoms with Gasteiger partial charge in [-0.3, -0.25) is 14.9 Å². The number of carbonyl (C=O) groups excluding carboxylic acids is 1. The number of hydrogen-bond acceptors (Lipinski definition) is 6. The maximum Gasteiger partial charge on any atom is 0.362 e. The highest BCUT2D eigenvalue weighted by Gasteiger charge is 2.18. The second kappa shape index (κ2) is 5.25. The molecule has 0 atom stereocenters. The van der Waals surface area contributed by atoms with E-state index in [9.17, 15) is 19.7 Å². The summed E-state index contributed by atoms with van der Waals surface area (Å²) in [6.45, 7) is 1.68. The van der Waals surface area contributed by atoms with E-state index in [0.29, 0.717) is 0 Å². The third-order valence-electron chi connectivity index (χ3n) is 2.41. The topological polar surface area (TPSA) is 115 Å². The molecule has 0 unspecified atom stereocenters. The molecular formula is C11H8ClN3O5. The number of aromatic amines is 1. The van der Waals surface area contributed by atoms with Crippen molar-refractivity contribution in [1.29, 1.82) is 0 Å². The Morgan fingerprint density at radius 2 is 2.25 bits per heavy atom. The molecule has 2 rings (SSSR count). The molecule has 1 heterocycles. The smallest absolute Gasteiger partial charge is 0.362 e. The van der Waals surface area contributed by atoms with Crippen molar-refractivity contribution in [2.75, 3.05) is 6.61 Å². The molecule has 1 N–H and O–H groups in total. The number of halogens is 1. The molecule has 2 aromatic rings. The molecule has 0 aliphatic rings. The highest BCUT2D eigenvalue weighted by atomic mass is 35.5. The first kappa shape index (κ1) is 13.9. The number of nitro groups is 1. The maximum absolute atomic E-state index is 11.7. The van der Waals surface area contributed by atoms with Crippen LogP contribution < -0.4 is 5.56 Å². The second-order valence-electron chi connectivity index (χ2n) is 3.72. The van der Waals surface area contributed by atoms with E-state index < -0.39 is 22.1 Å². The zero-order chi connectivity index (χ0) is 14.9. The molecule has 1 aromatic heterocycles. The van der Waals surface area contributed by atoms with Crippen LogP contribution in [0, 0.1) is 10.1 Å². The van der Waals surface area contributed by atoms with Crippen molar-refractivity contribution in [2.45, 2.75) is 6.92 Å². The van der Waals surface area contributed by atoms with Crippen LogP contribution in [0.25, 0.3) is 11.0 Å². The molecule has 0 aliphatic heterocycles. The Hall–Kier alpha value is -2.48. The Morgan fingerprint density at radius 1 is 1.55 bits per heavy atom. The van der Waals surface area contributed by atoms with Gasteiger partial charge in [0.15, 0.2) is 0 Å². The molecule has 0 saturated heterocycles. The van der Waals surface area contributed by atoms with Crippen LogP contribution in [0.4, 0.5) is 5.69 Å². The van der Waals surface area contributed by atoms with Crippen molar-refractivity contribution >= 4 is 34.3 Å². The molecule has 0 amide bonds. The molecule has 0 aliphatic carbocycles. The van der Waals surface area contributed by atoms with Gasteiger partial charge in [-0.15, -0.1) is 0 Å². The van der Waals surface area contributed by atoms with E-state index in [2.05, 4.69) is 14.7 Å². The Kier molecular flexibility index (Phi) is 3.66. The minimum absolute atomic E-state index is 0.0454. The SMILES string of the molecule is CCOC(=O)c1nc2c(Cl)cc([N+](=O)[O-])cc2[nH]c1=O. The number of nitro benzene ring substituents is 1. The number of hydrogen-bond donors (Lipinski definition) is 1. The third-order valence-corrected chi connectivity index (χ3v) is 2.70. The standard InChI is InChI=1S/C11H8ClN3O5/c1-2-20-11(17)9-10(16)13-7-4-5(15(18)19)3-6(12)8(7)14-9/h3-4H,2H2,1H3,(H,13,16). The van der Waals surface area contributed by atoms with Crippen LogP contribution in [0.3, 0.4) is 0 Å². The summed E-state index contributed by atoms with van der Waals surface area (Å²) in [5.74, 6) is -0.884. The quantitative estimate of drug-likeness (QED) is 0.523. The van der Waals surface area contributed by atoms with E-state index in [1.54, 1.807) is 6.92 Å². The molecule has 0 saturated carbocycles. The number of H-pyrrole nitrogens is 1. The Balaban J connectivity index is 2.69. The minimum atomic E-state index is -0.884. The molecule has 1 aromatic carbocycles. The maximum atomic E-state index is 11.7. The van der Waals surface area contributed by atoms with E-state index in [1.165, 1.54) is 0 Å². The van der Waals surface area contributed by atoms with Crippen molar-refractivity contribution in [2.24, 2.45) is 0 Å². The molecule has 20 heavy (non-hydrogen) atoms. The predicted molar refractivity (Wildman–Crippen MR) is 70.0 cm³/mol. The molecule has 0 fully saturated rings. The van der Waals surface area contributed by atoms with Gasteiger partial charge < -0.3 is 9.72 Å². The number of ether oxygens (including phenoxy) is 1. The highest BCUT2D eigenvalue weighted by molar-refractivity contribution is 6.35. The van der Waals surface area contributed by atoms with Gasteiger partial charge in [-0.1, -0.05) is 11.6 Å². The molecule has 104 valence electrons. The van der Waals surface area contributed by atoms with Gasteiger partial charge >= 0.3 is 5.97 Å². The van der Waals surface area contributed by atoms with E-state index in [1.807, 2.05) is 0 Å². The zero-order valence-electron chi connectivity index (χ0n) is 10.2. The van der Waals surface area contributed by atoms with Gasteiger partial charge in [-0.05, 0) is 6.92 Å². The molecule has 0 spiro atoms. The Labute approximate surface area is 116 Å². The molecule has 9 heteroatoms. The number of aromatic nitrogens is 2. The van der Waals surface area contributed by atoms with E-state index in [-0.39, 0.29) is 28.4 Å². The van der Waals surface area contributed by atoms with Gasteiger partial charge in [-0.2, -0.15) is 0 Å². The monoisotopic (exact) mass is 297 g/mol. The number of nitrogens with one attached hydrogen (secondary N) is 1. The van der Waals surface area contributed by atoms with Crippen LogP contribution in [0.2, 0.25) is 5.02 Å². The average molecular weight is 298 g/mol. The minimum Gasteiger partial charge on any atom is -0.461 e. The van der Waals surface area contributed by atoms with Crippen molar-refractivity contribution in [3.8, 4) is 0 Å². The molecule has 0 radical (unpaired) electrons. The van der Waals surface area contributed by atoms with Crippen LogP contribution >= 0.6 is 11.6 Å². The summed E-state index contributed by atoms with van der Waals surface area (Å²) in [7, 11) is 0. The van der Waals surface area contributed by atoms with Crippen LogP contribution in [-0.4, -0.2) is 27.5 Å². The number of carbonyl (C=O) groups is 1. The zero-order valence-corrected chi connectivity index (χ0v) is 10.9. The summed E-state index contributed by atoms with van der Waals surface area (Å²) in [6.07, 6.45) is 0. The normalized spacial score (nSPS) is 10.5. The van der Waals surface area contributed by atoms with Crippen LogP contribution in [0.1, 0.15) is 17.4 Å². The Morgan fingerprint density at radius 3 is 2.85 bits per heavy atom. The predicted octanol–water partition coefficient (Wildman–Crippen LogP) is 1.66. The highest BCUT2D eigenvalue weighted by Crippen LogP contribution is 2.25. The third kappa shape index (κ3) is 2.45. The summed E-state index contributed by atoms with van der Waals surface area (Å²) in [5, 5.41) is 10.7. The van der Waals surface area contributed by atoms with Crippen molar-refractivity contribution < 1.29 is 14.5 Å². The first-order chi connectivity index (χ1) is 9.43. The first-order valence-electron chi connectivity index (χ1n) is 5.49. The molecule has 8 nitrogen and oxygen atoms in total. The summed E-state index contributed by atoms with van der Waals surface area (Å²) in [4.78, 5) is 39.4. The van der Waals surface area contributed by atoms with Crippen molar-refractivity contribution in [1.82, 2.24) is 9.97 Å². The van der Waals surface area contributed by atoms with Gasteiger partial charge in [0.25, 0.3) is 11.2 Å². The molecule has 0 bridgehead atoms. The van der Waals surface area contributed by atoms with Gasteiger partial charge in [0, 0.05) is 12.1 Å². The average Bonchev–Trinajstić information content (AvgIpc) is 2.37.